The van der Waals surface area contributed by atoms with Gasteiger partial charge in [-0.25, -0.2) is 13.1 Å². The Morgan fingerprint density at radius 1 is 1.27 bits per heavy atom. The minimum absolute atomic E-state index is 0.0506. The molecule has 0 radical (unpaired) electrons. The third-order valence-electron chi connectivity index (χ3n) is 5.12. The highest BCUT2D eigenvalue weighted by Crippen LogP contribution is 2.26. The number of benzene rings is 1. The van der Waals surface area contributed by atoms with E-state index in [4.69, 9.17) is 5.73 Å². The zero-order valence-corrected chi connectivity index (χ0v) is 16.6. The van der Waals surface area contributed by atoms with Crippen molar-refractivity contribution in [3.8, 4) is 0 Å². The smallest absolute Gasteiger partial charge is 0.254 e. The number of carbonyl (C=O) groups is 1. The molecule has 1 aliphatic carbocycles. The molecule has 0 aromatic heterocycles. The van der Waals surface area contributed by atoms with Gasteiger partial charge in [0.05, 0.1) is 10.5 Å². The summed E-state index contributed by atoms with van der Waals surface area (Å²) < 4.78 is 28.8. The van der Waals surface area contributed by atoms with Crippen LogP contribution < -0.4 is 10.5 Å². The number of hydrogen-bond donors (Lipinski definition) is 2. The van der Waals surface area contributed by atoms with E-state index in [1.807, 2.05) is 0 Å². The second-order valence-corrected chi connectivity index (χ2v) is 8.77. The van der Waals surface area contributed by atoms with Gasteiger partial charge in [-0.1, -0.05) is 38.3 Å². The fourth-order valence-corrected chi connectivity index (χ4v) is 5.03. The molecule has 0 aliphatic heterocycles. The number of unbranched alkanes of at least 4 members (excludes halogenated alkanes) is 1. The summed E-state index contributed by atoms with van der Waals surface area (Å²) >= 11 is 0. The molecule has 0 heterocycles. The molecule has 7 heteroatoms. The third kappa shape index (κ3) is 5.05. The van der Waals surface area contributed by atoms with Crippen molar-refractivity contribution in [2.24, 2.45) is 11.7 Å². The van der Waals surface area contributed by atoms with Gasteiger partial charge in [0.2, 0.25) is 10.0 Å². The summed E-state index contributed by atoms with van der Waals surface area (Å²) in [6, 6.07) is 6.27. The molecule has 146 valence electrons. The Labute approximate surface area is 157 Å². The van der Waals surface area contributed by atoms with Crippen LogP contribution in [-0.2, 0) is 10.0 Å². The van der Waals surface area contributed by atoms with Gasteiger partial charge in [-0.05, 0) is 43.9 Å². The molecule has 6 nitrogen and oxygen atoms in total. The van der Waals surface area contributed by atoms with Crippen molar-refractivity contribution >= 4 is 15.9 Å². The Balaban J connectivity index is 2.25. The van der Waals surface area contributed by atoms with E-state index >= 15 is 0 Å². The summed E-state index contributed by atoms with van der Waals surface area (Å²) in [4.78, 5) is 14.4. The van der Waals surface area contributed by atoms with E-state index in [0.29, 0.717) is 13.1 Å². The molecule has 1 saturated carbocycles. The third-order valence-corrected chi connectivity index (χ3v) is 6.67. The average Bonchev–Trinajstić information content (AvgIpc) is 2.65. The van der Waals surface area contributed by atoms with Crippen LogP contribution in [0.15, 0.2) is 29.2 Å². The zero-order valence-electron chi connectivity index (χ0n) is 15.8. The van der Waals surface area contributed by atoms with Gasteiger partial charge < -0.3 is 10.6 Å². The van der Waals surface area contributed by atoms with Crippen molar-refractivity contribution in [3.63, 3.8) is 0 Å². The predicted molar refractivity (Wildman–Crippen MR) is 103 cm³/mol. The Morgan fingerprint density at radius 3 is 2.65 bits per heavy atom. The molecular formula is C19H31N3O3S. The predicted octanol–water partition coefficient (Wildman–Crippen LogP) is 2.35. The standard InChI is InChI=1S/C19H31N3O3S/c1-3-4-13-22(2)19(23)16-10-6-8-12-18(16)26(24,25)21-17-11-7-5-9-15(17)14-20/h6,8,10,12,15,17,21H,3-5,7,9,11,13-14,20H2,1-2H3. The molecular weight excluding hydrogens is 350 g/mol. The van der Waals surface area contributed by atoms with E-state index in [9.17, 15) is 13.2 Å². The normalized spacial score (nSPS) is 20.7. The summed E-state index contributed by atoms with van der Waals surface area (Å²) in [5, 5.41) is 0. The summed E-state index contributed by atoms with van der Waals surface area (Å²) in [6.45, 7) is 3.13. The number of amides is 1. The number of hydrogen-bond acceptors (Lipinski definition) is 4. The van der Waals surface area contributed by atoms with Gasteiger partial charge >= 0.3 is 0 Å². The highest BCUT2D eigenvalue weighted by Gasteiger charge is 2.31. The lowest BCUT2D eigenvalue weighted by Crippen LogP contribution is -2.45. The van der Waals surface area contributed by atoms with Gasteiger partial charge in [-0.15, -0.1) is 0 Å². The Morgan fingerprint density at radius 2 is 1.96 bits per heavy atom. The molecule has 0 spiro atoms. The van der Waals surface area contributed by atoms with Gasteiger partial charge in [-0.2, -0.15) is 0 Å². The first kappa shape index (κ1) is 20.9. The average molecular weight is 382 g/mol. The molecule has 0 bridgehead atoms. The quantitative estimate of drug-likeness (QED) is 0.723. The van der Waals surface area contributed by atoms with E-state index in [2.05, 4.69) is 11.6 Å². The number of nitrogens with one attached hydrogen (secondary N) is 1. The maximum absolute atomic E-state index is 13.0. The SMILES string of the molecule is CCCCN(C)C(=O)c1ccccc1S(=O)(=O)NC1CCCCC1CN. The monoisotopic (exact) mass is 381 g/mol. The van der Waals surface area contributed by atoms with Crippen molar-refractivity contribution in [1.82, 2.24) is 9.62 Å². The van der Waals surface area contributed by atoms with Gasteiger partial charge in [0.15, 0.2) is 0 Å². The molecule has 2 rings (SSSR count). The summed E-state index contributed by atoms with van der Waals surface area (Å²) in [5.41, 5.74) is 6.04. The van der Waals surface area contributed by atoms with Crippen LogP contribution in [0.5, 0.6) is 0 Å². The molecule has 1 aliphatic rings. The summed E-state index contributed by atoms with van der Waals surface area (Å²) in [5.74, 6) is -0.118. The van der Waals surface area contributed by atoms with Crippen molar-refractivity contribution in [1.29, 1.82) is 0 Å². The Kier molecular flexibility index (Phi) is 7.61. The fraction of sp³-hybridized carbons (Fsp3) is 0.632. The largest absolute Gasteiger partial charge is 0.342 e. The molecule has 1 aromatic rings. The first-order valence-electron chi connectivity index (χ1n) is 9.47. The second-order valence-electron chi connectivity index (χ2n) is 7.08. The van der Waals surface area contributed by atoms with E-state index in [0.717, 1.165) is 38.5 Å². The molecule has 1 fully saturated rings. The second kappa shape index (κ2) is 9.48. The topological polar surface area (TPSA) is 92.5 Å². The van der Waals surface area contributed by atoms with Crippen LogP contribution in [0.2, 0.25) is 0 Å². The van der Waals surface area contributed by atoms with E-state index in [-0.39, 0.29) is 28.3 Å². The van der Waals surface area contributed by atoms with Crippen molar-refractivity contribution in [2.75, 3.05) is 20.1 Å². The lowest BCUT2D eigenvalue weighted by Gasteiger charge is -2.31. The minimum Gasteiger partial charge on any atom is -0.342 e. The molecule has 3 N–H and O–H groups in total. The highest BCUT2D eigenvalue weighted by molar-refractivity contribution is 7.89. The Hall–Kier alpha value is -1.44. The van der Waals surface area contributed by atoms with Gasteiger partial charge in [-0.3, -0.25) is 4.79 Å². The van der Waals surface area contributed by atoms with Gasteiger partial charge in [0.25, 0.3) is 5.91 Å². The number of nitrogens with zero attached hydrogens (tertiary/aromatic N) is 1. The molecule has 0 saturated heterocycles. The van der Waals surface area contributed by atoms with Crippen molar-refractivity contribution in [2.45, 2.75) is 56.4 Å². The molecule has 1 amide bonds. The van der Waals surface area contributed by atoms with Crippen LogP contribution in [0.4, 0.5) is 0 Å². The Bertz CT molecular complexity index is 706. The number of carbonyl (C=O) groups excluding carboxylic acids is 1. The van der Waals surface area contributed by atoms with E-state index in [1.54, 1.807) is 30.1 Å². The van der Waals surface area contributed by atoms with Crippen LogP contribution >= 0.6 is 0 Å². The van der Waals surface area contributed by atoms with Crippen LogP contribution in [-0.4, -0.2) is 45.4 Å². The minimum atomic E-state index is -3.79. The first-order valence-corrected chi connectivity index (χ1v) is 11.0. The molecule has 2 atom stereocenters. The maximum Gasteiger partial charge on any atom is 0.254 e. The highest BCUT2D eigenvalue weighted by atomic mass is 32.2. The lowest BCUT2D eigenvalue weighted by atomic mass is 9.85. The summed E-state index contributed by atoms with van der Waals surface area (Å²) in [6.07, 6.45) is 5.65. The molecule has 26 heavy (non-hydrogen) atoms. The number of sulfonamides is 1. The summed E-state index contributed by atoms with van der Waals surface area (Å²) in [7, 11) is -2.08. The maximum atomic E-state index is 13.0. The molecule has 2 unspecified atom stereocenters. The zero-order chi connectivity index (χ0) is 19.2. The van der Waals surface area contributed by atoms with Crippen molar-refractivity contribution < 1.29 is 13.2 Å². The number of rotatable bonds is 8. The molecule has 1 aromatic carbocycles. The van der Waals surface area contributed by atoms with E-state index in [1.165, 1.54) is 6.07 Å². The van der Waals surface area contributed by atoms with Crippen LogP contribution in [0.25, 0.3) is 0 Å². The van der Waals surface area contributed by atoms with E-state index < -0.39 is 10.0 Å². The first-order chi connectivity index (χ1) is 12.4. The lowest BCUT2D eigenvalue weighted by molar-refractivity contribution is 0.0789. The van der Waals surface area contributed by atoms with Crippen molar-refractivity contribution in [3.05, 3.63) is 29.8 Å². The van der Waals surface area contributed by atoms with Gasteiger partial charge in [0, 0.05) is 19.6 Å². The van der Waals surface area contributed by atoms with Crippen LogP contribution in [0.3, 0.4) is 0 Å². The van der Waals surface area contributed by atoms with Crippen LogP contribution in [0.1, 0.15) is 55.8 Å². The number of nitrogens with two attached hydrogens (primary N) is 1. The van der Waals surface area contributed by atoms with Crippen LogP contribution in [0, 0.1) is 5.92 Å². The fourth-order valence-electron chi connectivity index (χ4n) is 3.49. The van der Waals surface area contributed by atoms with Gasteiger partial charge in [0.1, 0.15) is 0 Å².